The topological polar surface area (TPSA) is 61.4 Å². The Morgan fingerprint density at radius 3 is 3.00 bits per heavy atom. The zero-order chi connectivity index (χ0) is 13.1. The summed E-state index contributed by atoms with van der Waals surface area (Å²) in [4.78, 5) is 20.3. The van der Waals surface area contributed by atoms with Crippen molar-refractivity contribution >= 4 is 22.6 Å². The first-order chi connectivity index (χ1) is 8.63. The molecule has 2 heterocycles. The Kier molecular flexibility index (Phi) is 4.13. The molecule has 1 atom stereocenters. The third kappa shape index (κ3) is 2.62. The molecule has 0 bridgehead atoms. The van der Waals surface area contributed by atoms with E-state index < -0.39 is 0 Å². The second-order valence-corrected chi connectivity index (χ2v) is 5.22. The molecule has 1 N–H and O–H groups in total. The lowest BCUT2D eigenvalue weighted by molar-refractivity contribution is -0.130. The number of carbonyl (C=O) groups is 1. The van der Waals surface area contributed by atoms with Gasteiger partial charge in [0.1, 0.15) is 11.9 Å². The fraction of sp³-hybridized carbons (Fsp3) is 0.727. The monoisotopic (exact) mass is 269 g/mol. The SMILES string of the molecule is CCc1nsc(N2CCNCC2C(=O)N(C)C)n1. The molecule has 6 nitrogen and oxygen atoms in total. The van der Waals surface area contributed by atoms with Crippen LogP contribution in [0.1, 0.15) is 12.7 Å². The van der Waals surface area contributed by atoms with E-state index in [1.807, 2.05) is 6.92 Å². The molecule has 1 aliphatic heterocycles. The lowest BCUT2D eigenvalue weighted by Gasteiger charge is -2.35. The molecular weight excluding hydrogens is 250 g/mol. The van der Waals surface area contributed by atoms with Gasteiger partial charge >= 0.3 is 0 Å². The Hall–Kier alpha value is -1.21. The van der Waals surface area contributed by atoms with Crippen LogP contribution in [0.5, 0.6) is 0 Å². The highest BCUT2D eigenvalue weighted by atomic mass is 32.1. The van der Waals surface area contributed by atoms with E-state index in [9.17, 15) is 4.79 Å². The van der Waals surface area contributed by atoms with Crippen LogP contribution in [0.25, 0.3) is 0 Å². The fourth-order valence-corrected chi connectivity index (χ4v) is 2.78. The van der Waals surface area contributed by atoms with Gasteiger partial charge in [0.15, 0.2) is 0 Å². The van der Waals surface area contributed by atoms with Crippen LogP contribution in [-0.4, -0.2) is 59.9 Å². The average Bonchev–Trinajstić information content (AvgIpc) is 2.86. The molecule has 1 aliphatic rings. The van der Waals surface area contributed by atoms with Gasteiger partial charge < -0.3 is 15.1 Å². The van der Waals surface area contributed by atoms with Crippen LogP contribution in [0.15, 0.2) is 0 Å². The number of anilines is 1. The third-order valence-electron chi connectivity index (χ3n) is 2.99. The minimum atomic E-state index is -0.175. The van der Waals surface area contributed by atoms with E-state index in [1.54, 1.807) is 19.0 Å². The van der Waals surface area contributed by atoms with Crippen LogP contribution >= 0.6 is 11.5 Å². The number of nitrogens with one attached hydrogen (secondary N) is 1. The molecule has 2 rings (SSSR count). The number of hydrogen-bond donors (Lipinski definition) is 1. The van der Waals surface area contributed by atoms with Crippen LogP contribution in [0.4, 0.5) is 5.13 Å². The molecule has 7 heteroatoms. The maximum absolute atomic E-state index is 12.2. The highest BCUT2D eigenvalue weighted by Crippen LogP contribution is 2.21. The summed E-state index contributed by atoms with van der Waals surface area (Å²) < 4.78 is 4.29. The molecule has 1 aromatic heterocycles. The summed E-state index contributed by atoms with van der Waals surface area (Å²) in [6.45, 7) is 4.37. The number of hydrogen-bond acceptors (Lipinski definition) is 6. The molecule has 0 saturated carbocycles. The summed E-state index contributed by atoms with van der Waals surface area (Å²) in [6, 6.07) is -0.175. The van der Waals surface area contributed by atoms with Gasteiger partial charge in [-0.1, -0.05) is 6.92 Å². The molecule has 0 spiro atoms. The van der Waals surface area contributed by atoms with Crippen molar-refractivity contribution in [2.24, 2.45) is 0 Å². The summed E-state index contributed by atoms with van der Waals surface area (Å²) in [7, 11) is 3.57. The number of nitrogens with zero attached hydrogens (tertiary/aromatic N) is 4. The van der Waals surface area contributed by atoms with E-state index in [0.717, 1.165) is 30.5 Å². The van der Waals surface area contributed by atoms with Crippen LogP contribution in [0, 0.1) is 0 Å². The molecule has 18 heavy (non-hydrogen) atoms. The maximum atomic E-state index is 12.2. The van der Waals surface area contributed by atoms with Crippen LogP contribution in [0.2, 0.25) is 0 Å². The van der Waals surface area contributed by atoms with E-state index in [0.29, 0.717) is 6.54 Å². The van der Waals surface area contributed by atoms with Gasteiger partial charge in [-0.15, -0.1) is 0 Å². The average molecular weight is 269 g/mol. The number of rotatable bonds is 3. The first-order valence-electron chi connectivity index (χ1n) is 6.14. The van der Waals surface area contributed by atoms with Gasteiger partial charge in [-0.25, -0.2) is 4.98 Å². The summed E-state index contributed by atoms with van der Waals surface area (Å²) in [5, 5.41) is 4.11. The minimum Gasteiger partial charge on any atom is -0.347 e. The Labute approximate surface area is 111 Å². The molecular formula is C11H19N5OS. The van der Waals surface area contributed by atoms with Gasteiger partial charge in [0, 0.05) is 51.7 Å². The van der Waals surface area contributed by atoms with E-state index in [1.165, 1.54) is 11.5 Å². The fourth-order valence-electron chi connectivity index (χ4n) is 1.96. The molecule has 1 fully saturated rings. The predicted molar refractivity (Wildman–Crippen MR) is 72.0 cm³/mol. The molecule has 1 unspecified atom stereocenters. The number of likely N-dealkylation sites (N-methyl/N-ethyl adjacent to an activating group) is 1. The minimum absolute atomic E-state index is 0.107. The van der Waals surface area contributed by atoms with Gasteiger partial charge in [0.2, 0.25) is 11.0 Å². The van der Waals surface area contributed by atoms with Crippen molar-refractivity contribution in [3.8, 4) is 0 Å². The van der Waals surface area contributed by atoms with Gasteiger partial charge in [0.05, 0.1) is 0 Å². The van der Waals surface area contributed by atoms with Crippen molar-refractivity contribution in [1.82, 2.24) is 19.6 Å². The summed E-state index contributed by atoms with van der Waals surface area (Å²) in [5.41, 5.74) is 0. The smallest absolute Gasteiger partial charge is 0.246 e. The zero-order valence-corrected chi connectivity index (χ0v) is 11.8. The van der Waals surface area contributed by atoms with E-state index >= 15 is 0 Å². The van der Waals surface area contributed by atoms with Gasteiger partial charge in [0.25, 0.3) is 0 Å². The van der Waals surface area contributed by atoms with Crippen molar-refractivity contribution < 1.29 is 4.79 Å². The highest BCUT2D eigenvalue weighted by Gasteiger charge is 2.31. The number of piperazine rings is 1. The Morgan fingerprint density at radius 2 is 2.39 bits per heavy atom. The third-order valence-corrected chi connectivity index (χ3v) is 3.78. The zero-order valence-electron chi connectivity index (χ0n) is 11.0. The summed E-state index contributed by atoms with van der Waals surface area (Å²) in [5.74, 6) is 0.958. The van der Waals surface area contributed by atoms with Gasteiger partial charge in [-0.2, -0.15) is 4.37 Å². The first kappa shape index (κ1) is 13.2. The van der Waals surface area contributed by atoms with Crippen molar-refractivity contribution in [3.63, 3.8) is 0 Å². The number of aromatic nitrogens is 2. The molecule has 1 saturated heterocycles. The lowest BCUT2D eigenvalue weighted by Crippen LogP contribution is -2.57. The van der Waals surface area contributed by atoms with Crippen LogP contribution in [0.3, 0.4) is 0 Å². The second kappa shape index (κ2) is 5.62. The number of amides is 1. The van der Waals surface area contributed by atoms with Crippen LogP contribution in [-0.2, 0) is 11.2 Å². The largest absolute Gasteiger partial charge is 0.347 e. The summed E-state index contributed by atoms with van der Waals surface area (Å²) >= 11 is 1.38. The van der Waals surface area contributed by atoms with Crippen molar-refractivity contribution in [2.45, 2.75) is 19.4 Å². The Balaban J connectivity index is 2.19. The quantitative estimate of drug-likeness (QED) is 0.835. The lowest BCUT2D eigenvalue weighted by atomic mass is 10.2. The van der Waals surface area contributed by atoms with E-state index in [2.05, 4.69) is 19.6 Å². The normalized spacial score (nSPS) is 19.9. The van der Waals surface area contributed by atoms with Crippen molar-refractivity contribution in [3.05, 3.63) is 5.82 Å². The standard InChI is InChI=1S/C11H19N5OS/c1-4-9-13-11(18-14-9)16-6-5-12-7-8(16)10(17)15(2)3/h8,12H,4-7H2,1-3H3. The van der Waals surface area contributed by atoms with Gasteiger partial charge in [-0.05, 0) is 0 Å². The molecule has 1 amide bonds. The van der Waals surface area contributed by atoms with Gasteiger partial charge in [-0.3, -0.25) is 4.79 Å². The number of carbonyl (C=O) groups excluding carboxylic acids is 1. The predicted octanol–water partition coefficient (Wildman–Crippen LogP) is -0.0331. The van der Waals surface area contributed by atoms with Crippen molar-refractivity contribution in [1.29, 1.82) is 0 Å². The first-order valence-corrected chi connectivity index (χ1v) is 6.92. The summed E-state index contributed by atoms with van der Waals surface area (Å²) in [6.07, 6.45) is 0.828. The molecule has 1 aromatic rings. The Bertz CT molecular complexity index is 419. The van der Waals surface area contributed by atoms with Crippen LogP contribution < -0.4 is 10.2 Å². The molecule has 0 aliphatic carbocycles. The second-order valence-electron chi connectivity index (χ2n) is 4.49. The van der Waals surface area contributed by atoms with Crippen molar-refractivity contribution in [2.75, 3.05) is 38.6 Å². The Morgan fingerprint density at radius 1 is 1.61 bits per heavy atom. The highest BCUT2D eigenvalue weighted by molar-refractivity contribution is 7.09. The number of aryl methyl sites for hydroxylation is 1. The van der Waals surface area contributed by atoms with E-state index in [-0.39, 0.29) is 11.9 Å². The molecule has 0 radical (unpaired) electrons. The maximum Gasteiger partial charge on any atom is 0.246 e. The molecule has 0 aromatic carbocycles. The van der Waals surface area contributed by atoms with E-state index in [4.69, 9.17) is 0 Å². The molecule has 100 valence electrons.